The van der Waals surface area contributed by atoms with Gasteiger partial charge in [0.25, 0.3) is 0 Å². The summed E-state index contributed by atoms with van der Waals surface area (Å²) in [5.74, 6) is 0.149. The SMILES string of the molecule is CCN1CCN(C(=O)N[C@H]2CCC[C@H]2Cc2ccc(F)cc2)CC1=O. The van der Waals surface area contributed by atoms with Crippen LogP contribution in [0.1, 0.15) is 31.7 Å². The van der Waals surface area contributed by atoms with Crippen molar-refractivity contribution in [3.8, 4) is 0 Å². The Balaban J connectivity index is 1.55. The van der Waals surface area contributed by atoms with Crippen LogP contribution in [0.4, 0.5) is 9.18 Å². The van der Waals surface area contributed by atoms with Crippen molar-refractivity contribution in [1.29, 1.82) is 0 Å². The summed E-state index contributed by atoms with van der Waals surface area (Å²) < 4.78 is 13.0. The summed E-state index contributed by atoms with van der Waals surface area (Å²) in [7, 11) is 0. The van der Waals surface area contributed by atoms with Gasteiger partial charge in [-0.15, -0.1) is 0 Å². The Bertz CT molecular complexity index is 620. The van der Waals surface area contributed by atoms with Crippen molar-refractivity contribution >= 4 is 11.9 Å². The second-order valence-electron chi connectivity index (χ2n) is 6.97. The van der Waals surface area contributed by atoms with E-state index in [1.165, 1.54) is 12.1 Å². The van der Waals surface area contributed by atoms with Gasteiger partial charge in [0, 0.05) is 25.7 Å². The molecule has 0 spiro atoms. The van der Waals surface area contributed by atoms with Crippen molar-refractivity contribution in [2.45, 2.75) is 38.6 Å². The van der Waals surface area contributed by atoms with Gasteiger partial charge in [0.1, 0.15) is 12.4 Å². The second kappa shape index (κ2) is 7.85. The summed E-state index contributed by atoms with van der Waals surface area (Å²) in [6, 6.07) is 6.58. The third-order valence-corrected chi connectivity index (χ3v) is 5.37. The van der Waals surface area contributed by atoms with Crippen LogP contribution in [-0.2, 0) is 11.2 Å². The molecule has 1 saturated carbocycles. The van der Waals surface area contributed by atoms with Crippen LogP contribution in [0, 0.1) is 11.7 Å². The summed E-state index contributed by atoms with van der Waals surface area (Å²) >= 11 is 0. The lowest BCUT2D eigenvalue weighted by atomic mass is 9.94. The fourth-order valence-electron chi connectivity index (χ4n) is 3.86. The molecule has 0 radical (unpaired) electrons. The van der Waals surface area contributed by atoms with Crippen molar-refractivity contribution in [3.05, 3.63) is 35.6 Å². The first-order valence-corrected chi connectivity index (χ1v) is 9.14. The summed E-state index contributed by atoms with van der Waals surface area (Å²) in [5.41, 5.74) is 1.10. The molecule has 1 aliphatic carbocycles. The van der Waals surface area contributed by atoms with E-state index in [9.17, 15) is 14.0 Å². The van der Waals surface area contributed by atoms with Crippen molar-refractivity contribution in [2.24, 2.45) is 5.92 Å². The number of benzene rings is 1. The molecule has 2 fully saturated rings. The van der Waals surface area contributed by atoms with Crippen LogP contribution in [0.2, 0.25) is 0 Å². The Kier molecular flexibility index (Phi) is 5.56. The molecule has 2 aliphatic rings. The van der Waals surface area contributed by atoms with E-state index in [0.717, 1.165) is 31.2 Å². The Morgan fingerprint density at radius 1 is 1.24 bits per heavy atom. The van der Waals surface area contributed by atoms with Gasteiger partial charge >= 0.3 is 6.03 Å². The maximum Gasteiger partial charge on any atom is 0.318 e. The predicted molar refractivity (Wildman–Crippen MR) is 93.6 cm³/mol. The van der Waals surface area contributed by atoms with Gasteiger partial charge in [0.05, 0.1) is 0 Å². The summed E-state index contributed by atoms with van der Waals surface area (Å²) in [5, 5.41) is 3.13. The van der Waals surface area contributed by atoms with E-state index in [4.69, 9.17) is 0 Å². The van der Waals surface area contributed by atoms with Gasteiger partial charge in [-0.3, -0.25) is 4.79 Å². The average molecular weight is 347 g/mol. The molecule has 2 atom stereocenters. The third-order valence-electron chi connectivity index (χ3n) is 5.37. The number of nitrogens with zero attached hydrogens (tertiary/aromatic N) is 2. The van der Waals surface area contributed by atoms with E-state index in [0.29, 0.717) is 25.6 Å². The van der Waals surface area contributed by atoms with Crippen LogP contribution in [0.5, 0.6) is 0 Å². The van der Waals surface area contributed by atoms with Crippen LogP contribution in [0.3, 0.4) is 0 Å². The number of hydrogen-bond donors (Lipinski definition) is 1. The number of halogens is 1. The lowest BCUT2D eigenvalue weighted by Gasteiger charge is -2.34. The molecule has 136 valence electrons. The Labute approximate surface area is 148 Å². The van der Waals surface area contributed by atoms with Gasteiger partial charge in [-0.2, -0.15) is 0 Å². The van der Waals surface area contributed by atoms with Gasteiger partial charge in [0.2, 0.25) is 5.91 Å². The fraction of sp³-hybridized carbons (Fsp3) is 0.579. The van der Waals surface area contributed by atoms with E-state index in [1.807, 2.05) is 19.1 Å². The summed E-state index contributed by atoms with van der Waals surface area (Å²) in [4.78, 5) is 27.9. The van der Waals surface area contributed by atoms with E-state index in [2.05, 4.69) is 5.32 Å². The highest BCUT2D eigenvalue weighted by molar-refractivity contribution is 5.85. The highest BCUT2D eigenvalue weighted by Gasteiger charge is 2.32. The zero-order valence-electron chi connectivity index (χ0n) is 14.7. The molecule has 0 aromatic heterocycles. The topological polar surface area (TPSA) is 52.6 Å². The largest absolute Gasteiger partial charge is 0.340 e. The molecule has 0 bridgehead atoms. The Hall–Kier alpha value is -2.11. The first-order chi connectivity index (χ1) is 12.1. The fourth-order valence-corrected chi connectivity index (χ4v) is 3.86. The van der Waals surface area contributed by atoms with Crippen LogP contribution in [0.15, 0.2) is 24.3 Å². The number of carbonyl (C=O) groups excluding carboxylic acids is 2. The predicted octanol–water partition coefficient (Wildman–Crippen LogP) is 2.41. The monoisotopic (exact) mass is 347 g/mol. The molecule has 1 heterocycles. The van der Waals surface area contributed by atoms with Gasteiger partial charge < -0.3 is 15.1 Å². The third kappa shape index (κ3) is 4.30. The minimum absolute atomic E-state index is 0.0122. The Morgan fingerprint density at radius 3 is 2.68 bits per heavy atom. The maximum atomic E-state index is 13.0. The van der Waals surface area contributed by atoms with E-state index in [-0.39, 0.29) is 30.3 Å². The quantitative estimate of drug-likeness (QED) is 0.909. The molecule has 1 aliphatic heterocycles. The zero-order chi connectivity index (χ0) is 17.8. The number of hydrogen-bond acceptors (Lipinski definition) is 2. The Morgan fingerprint density at radius 2 is 2.00 bits per heavy atom. The highest BCUT2D eigenvalue weighted by atomic mass is 19.1. The zero-order valence-corrected chi connectivity index (χ0v) is 14.7. The van der Waals surface area contributed by atoms with Crippen LogP contribution < -0.4 is 5.32 Å². The second-order valence-corrected chi connectivity index (χ2v) is 6.97. The van der Waals surface area contributed by atoms with Crippen LogP contribution >= 0.6 is 0 Å². The van der Waals surface area contributed by atoms with E-state index >= 15 is 0 Å². The molecule has 6 heteroatoms. The van der Waals surface area contributed by atoms with Gasteiger partial charge in [-0.05, 0) is 49.8 Å². The van der Waals surface area contributed by atoms with Crippen LogP contribution in [-0.4, -0.2) is 54.0 Å². The molecular weight excluding hydrogens is 321 g/mol. The van der Waals surface area contributed by atoms with Crippen molar-refractivity contribution < 1.29 is 14.0 Å². The average Bonchev–Trinajstić information content (AvgIpc) is 3.03. The molecule has 3 amide bonds. The molecule has 0 unspecified atom stereocenters. The molecular formula is C19H26FN3O2. The number of piperazine rings is 1. The lowest BCUT2D eigenvalue weighted by Crippen LogP contribution is -2.56. The van der Waals surface area contributed by atoms with Gasteiger partial charge in [0.15, 0.2) is 0 Å². The van der Waals surface area contributed by atoms with Gasteiger partial charge in [-0.1, -0.05) is 18.6 Å². The molecule has 3 rings (SSSR count). The van der Waals surface area contributed by atoms with Crippen molar-refractivity contribution in [2.75, 3.05) is 26.2 Å². The molecule has 1 N–H and O–H groups in total. The first-order valence-electron chi connectivity index (χ1n) is 9.14. The molecule has 1 aromatic rings. The molecule has 5 nitrogen and oxygen atoms in total. The lowest BCUT2D eigenvalue weighted by molar-refractivity contribution is -0.134. The van der Waals surface area contributed by atoms with E-state index < -0.39 is 0 Å². The van der Waals surface area contributed by atoms with Crippen molar-refractivity contribution in [1.82, 2.24) is 15.1 Å². The number of carbonyl (C=O) groups is 2. The minimum Gasteiger partial charge on any atom is -0.340 e. The van der Waals surface area contributed by atoms with Crippen LogP contribution in [0.25, 0.3) is 0 Å². The summed E-state index contributed by atoms with van der Waals surface area (Å²) in [6.07, 6.45) is 3.94. The highest BCUT2D eigenvalue weighted by Crippen LogP contribution is 2.29. The standard InChI is InChI=1S/C19H26FN3O2/c1-2-22-10-11-23(13-18(22)24)19(25)21-17-5-3-4-15(17)12-14-6-8-16(20)9-7-14/h6-9,15,17H,2-5,10-13H2,1H3,(H,21,25)/t15-,17-/m0/s1. The maximum absolute atomic E-state index is 13.0. The molecule has 1 saturated heterocycles. The number of amides is 3. The summed E-state index contributed by atoms with van der Waals surface area (Å²) in [6.45, 7) is 3.99. The van der Waals surface area contributed by atoms with Gasteiger partial charge in [-0.25, -0.2) is 9.18 Å². The first kappa shape index (κ1) is 17.7. The number of nitrogens with one attached hydrogen (secondary N) is 1. The molecule has 25 heavy (non-hydrogen) atoms. The van der Waals surface area contributed by atoms with Crippen molar-refractivity contribution in [3.63, 3.8) is 0 Å². The number of rotatable bonds is 4. The van der Waals surface area contributed by atoms with E-state index in [1.54, 1.807) is 9.80 Å². The minimum atomic E-state index is -0.226. The number of urea groups is 1. The normalized spacial score (nSPS) is 23.8. The smallest absolute Gasteiger partial charge is 0.318 e. The molecule has 1 aromatic carbocycles. The number of likely N-dealkylation sites (N-methyl/N-ethyl adjacent to an activating group) is 1.